The number of hydrogen-bond donors (Lipinski definition) is 2. The second kappa shape index (κ2) is 6.47. The molecule has 5 nitrogen and oxygen atoms in total. The summed E-state index contributed by atoms with van der Waals surface area (Å²) >= 11 is 0. The van der Waals surface area contributed by atoms with Crippen molar-refractivity contribution >= 4 is 11.5 Å². The Morgan fingerprint density at radius 3 is 3.09 bits per heavy atom. The van der Waals surface area contributed by atoms with E-state index in [0.29, 0.717) is 5.75 Å². The van der Waals surface area contributed by atoms with Crippen molar-refractivity contribution in [1.29, 1.82) is 0 Å². The Bertz CT molecular complexity index is 690. The van der Waals surface area contributed by atoms with Crippen LogP contribution in [-0.4, -0.2) is 27.7 Å². The highest BCUT2D eigenvalue weighted by molar-refractivity contribution is 5.73. The first kappa shape index (κ1) is 14.4. The molecule has 1 aromatic carbocycles. The van der Waals surface area contributed by atoms with Crippen LogP contribution in [0.3, 0.4) is 0 Å². The first-order valence-electron chi connectivity index (χ1n) is 7.37. The van der Waals surface area contributed by atoms with Gasteiger partial charge in [0, 0.05) is 18.2 Å². The molecule has 1 aliphatic rings. The Hall–Kier alpha value is -2.56. The number of fused-ring (bicyclic) bond motifs is 1. The number of aliphatic carboxylic acids is 1. The lowest BCUT2D eigenvalue weighted by Crippen LogP contribution is -2.12. The predicted octanol–water partition coefficient (Wildman–Crippen LogP) is 2.84. The van der Waals surface area contributed by atoms with Gasteiger partial charge in [-0.2, -0.15) is 0 Å². The lowest BCUT2D eigenvalue weighted by molar-refractivity contribution is -0.139. The Morgan fingerprint density at radius 1 is 1.41 bits per heavy atom. The summed E-state index contributed by atoms with van der Waals surface area (Å²) in [5, 5.41) is 8.77. The number of imidazole rings is 1. The van der Waals surface area contributed by atoms with Crippen LogP contribution >= 0.6 is 0 Å². The van der Waals surface area contributed by atoms with E-state index in [4.69, 9.17) is 9.84 Å². The van der Waals surface area contributed by atoms with Crippen molar-refractivity contribution in [3.05, 3.63) is 53.6 Å². The van der Waals surface area contributed by atoms with E-state index < -0.39 is 5.97 Å². The van der Waals surface area contributed by atoms with Gasteiger partial charge in [-0.3, -0.25) is 0 Å². The van der Waals surface area contributed by atoms with Crippen molar-refractivity contribution in [2.24, 2.45) is 0 Å². The van der Waals surface area contributed by atoms with Crippen molar-refractivity contribution in [1.82, 2.24) is 9.97 Å². The molecule has 0 saturated heterocycles. The van der Waals surface area contributed by atoms with Crippen LogP contribution in [0.1, 0.15) is 29.7 Å². The molecule has 1 heterocycles. The minimum Gasteiger partial charge on any atom is -0.482 e. The molecule has 1 aliphatic carbocycles. The number of hydrogen-bond acceptors (Lipinski definition) is 3. The number of ether oxygens (including phenoxy) is 1. The summed E-state index contributed by atoms with van der Waals surface area (Å²) < 4.78 is 5.42. The summed E-state index contributed by atoms with van der Waals surface area (Å²) in [7, 11) is 0. The van der Waals surface area contributed by atoms with Crippen molar-refractivity contribution in [2.45, 2.75) is 25.7 Å². The van der Waals surface area contributed by atoms with Gasteiger partial charge in [0.15, 0.2) is 6.61 Å². The molecule has 0 radical (unpaired) electrons. The lowest BCUT2D eigenvalue weighted by Gasteiger charge is -2.21. The highest BCUT2D eigenvalue weighted by atomic mass is 16.5. The Kier molecular flexibility index (Phi) is 4.23. The number of carboxylic acids is 1. The quantitative estimate of drug-likeness (QED) is 0.890. The van der Waals surface area contributed by atoms with E-state index in [0.717, 1.165) is 36.9 Å². The molecule has 0 spiro atoms. The van der Waals surface area contributed by atoms with Gasteiger partial charge in [0.25, 0.3) is 0 Å². The van der Waals surface area contributed by atoms with Gasteiger partial charge < -0.3 is 14.8 Å². The largest absolute Gasteiger partial charge is 0.482 e. The van der Waals surface area contributed by atoms with E-state index in [2.05, 4.69) is 22.1 Å². The number of allylic oxidation sites excluding steroid dienone is 2. The number of nitrogens with one attached hydrogen (secondary N) is 1. The average molecular weight is 298 g/mol. The number of benzene rings is 1. The smallest absolute Gasteiger partial charge is 0.341 e. The number of rotatable bonds is 5. The molecule has 2 N–H and O–H groups in total. The molecule has 0 bridgehead atoms. The maximum absolute atomic E-state index is 10.7. The van der Waals surface area contributed by atoms with Crippen LogP contribution < -0.4 is 4.74 Å². The molecular weight excluding hydrogens is 280 g/mol. The number of aromatic nitrogens is 2. The SMILES string of the molecule is O=C(O)COc1cccc2c1CCC/C2=C/Cc1c[nH]cn1. The molecule has 1 aromatic heterocycles. The van der Waals surface area contributed by atoms with Gasteiger partial charge in [-0.25, -0.2) is 9.78 Å². The minimum atomic E-state index is -0.956. The standard InChI is InChI=1S/C17H18N2O3/c20-17(21)10-22-16-6-2-4-14-12(3-1-5-15(14)16)7-8-13-9-18-11-19-13/h2,4,6-7,9,11H,1,3,5,8,10H2,(H,18,19)(H,20,21)/b12-7-. The molecule has 0 saturated carbocycles. The third kappa shape index (κ3) is 3.19. The first-order chi connectivity index (χ1) is 10.7. The topological polar surface area (TPSA) is 75.2 Å². The van der Waals surface area contributed by atoms with Crippen LogP contribution in [0.15, 0.2) is 36.8 Å². The molecule has 5 heteroatoms. The van der Waals surface area contributed by atoms with Crippen LogP contribution in [0.5, 0.6) is 5.75 Å². The average Bonchev–Trinajstić information content (AvgIpc) is 3.04. The lowest BCUT2D eigenvalue weighted by atomic mass is 9.86. The van der Waals surface area contributed by atoms with Gasteiger partial charge in [0.2, 0.25) is 0 Å². The van der Waals surface area contributed by atoms with Crippen molar-refractivity contribution < 1.29 is 14.6 Å². The van der Waals surface area contributed by atoms with Gasteiger partial charge in [0.05, 0.1) is 12.0 Å². The molecule has 0 fully saturated rings. The summed E-state index contributed by atoms with van der Waals surface area (Å²) in [6, 6.07) is 5.85. The van der Waals surface area contributed by atoms with Gasteiger partial charge in [-0.1, -0.05) is 18.2 Å². The van der Waals surface area contributed by atoms with Crippen molar-refractivity contribution in [3.63, 3.8) is 0 Å². The van der Waals surface area contributed by atoms with Crippen LogP contribution in [-0.2, 0) is 17.6 Å². The fourth-order valence-corrected chi connectivity index (χ4v) is 2.83. The minimum absolute atomic E-state index is 0.303. The number of nitrogens with zero attached hydrogens (tertiary/aromatic N) is 1. The fourth-order valence-electron chi connectivity index (χ4n) is 2.83. The summed E-state index contributed by atoms with van der Waals surface area (Å²) in [6.45, 7) is -0.303. The van der Waals surface area contributed by atoms with Gasteiger partial charge in [-0.05, 0) is 36.5 Å². The number of H-pyrrole nitrogens is 1. The molecule has 22 heavy (non-hydrogen) atoms. The number of carboxylic acid groups (broad SMARTS) is 1. The molecule has 2 aromatic rings. The van der Waals surface area contributed by atoms with Crippen LogP contribution in [0.2, 0.25) is 0 Å². The number of carbonyl (C=O) groups is 1. The van der Waals surface area contributed by atoms with Gasteiger partial charge >= 0.3 is 5.97 Å². The van der Waals surface area contributed by atoms with Gasteiger partial charge in [-0.15, -0.1) is 0 Å². The summed E-state index contributed by atoms with van der Waals surface area (Å²) in [5.41, 5.74) is 4.58. The third-order valence-corrected chi connectivity index (χ3v) is 3.82. The van der Waals surface area contributed by atoms with E-state index in [9.17, 15) is 4.79 Å². The second-order valence-electron chi connectivity index (χ2n) is 5.31. The van der Waals surface area contributed by atoms with E-state index >= 15 is 0 Å². The Labute approximate surface area is 128 Å². The maximum Gasteiger partial charge on any atom is 0.341 e. The highest BCUT2D eigenvalue weighted by Gasteiger charge is 2.18. The molecule has 0 aliphatic heterocycles. The zero-order valence-electron chi connectivity index (χ0n) is 12.2. The molecule has 0 unspecified atom stereocenters. The third-order valence-electron chi connectivity index (χ3n) is 3.82. The normalized spacial score (nSPS) is 15.5. The molecule has 114 valence electrons. The van der Waals surface area contributed by atoms with E-state index in [-0.39, 0.29) is 6.61 Å². The summed E-state index contributed by atoms with van der Waals surface area (Å²) in [6.07, 6.45) is 9.57. The van der Waals surface area contributed by atoms with E-state index in [1.165, 1.54) is 11.1 Å². The van der Waals surface area contributed by atoms with E-state index in [1.54, 1.807) is 6.33 Å². The molecular formula is C17H18N2O3. The summed E-state index contributed by atoms with van der Waals surface area (Å²) in [5.74, 6) is -0.270. The molecule has 0 atom stereocenters. The second-order valence-corrected chi connectivity index (χ2v) is 5.31. The predicted molar refractivity (Wildman–Crippen MR) is 82.8 cm³/mol. The Morgan fingerprint density at radius 2 is 2.32 bits per heavy atom. The zero-order valence-corrected chi connectivity index (χ0v) is 12.2. The van der Waals surface area contributed by atoms with Crippen molar-refractivity contribution in [2.75, 3.05) is 6.61 Å². The zero-order chi connectivity index (χ0) is 15.4. The maximum atomic E-state index is 10.7. The van der Waals surface area contributed by atoms with E-state index in [1.807, 2.05) is 18.3 Å². The van der Waals surface area contributed by atoms with Crippen LogP contribution in [0, 0.1) is 0 Å². The monoisotopic (exact) mass is 298 g/mol. The van der Waals surface area contributed by atoms with Crippen LogP contribution in [0.4, 0.5) is 0 Å². The number of aromatic amines is 1. The fraction of sp³-hybridized carbons (Fsp3) is 0.294. The Balaban J connectivity index is 1.85. The first-order valence-corrected chi connectivity index (χ1v) is 7.37. The molecule has 3 rings (SSSR count). The van der Waals surface area contributed by atoms with Crippen LogP contribution in [0.25, 0.3) is 5.57 Å². The molecule has 0 amide bonds. The highest BCUT2D eigenvalue weighted by Crippen LogP contribution is 2.36. The summed E-state index contributed by atoms with van der Waals surface area (Å²) in [4.78, 5) is 17.9. The van der Waals surface area contributed by atoms with Crippen molar-refractivity contribution in [3.8, 4) is 5.75 Å². The van der Waals surface area contributed by atoms with Gasteiger partial charge in [0.1, 0.15) is 5.75 Å².